The van der Waals surface area contributed by atoms with Crippen LogP contribution in [-0.2, 0) is 6.18 Å². The Bertz CT molecular complexity index is 395. The summed E-state index contributed by atoms with van der Waals surface area (Å²) >= 11 is 4.89. The summed E-state index contributed by atoms with van der Waals surface area (Å²) in [5.41, 5.74) is 0.0572. The number of alkyl halides is 3. The molecule has 18 heavy (non-hydrogen) atoms. The van der Waals surface area contributed by atoms with Crippen LogP contribution < -0.4 is 5.32 Å². The predicted molar refractivity (Wildman–Crippen MR) is 75.2 cm³/mol. The van der Waals surface area contributed by atoms with E-state index < -0.39 is 11.7 Å². The standard InChI is InChI=1S/C12H15BrF3NS/c1-3-9(7-18-2)17-11-5-4-8(6-10(11)13)12(14,15)16/h4-6,9,17H,3,7H2,1-2H3. The van der Waals surface area contributed by atoms with Crippen LogP contribution in [0, 0.1) is 0 Å². The lowest BCUT2D eigenvalue weighted by molar-refractivity contribution is -0.137. The topological polar surface area (TPSA) is 12.0 Å². The van der Waals surface area contributed by atoms with Gasteiger partial charge >= 0.3 is 6.18 Å². The van der Waals surface area contributed by atoms with Crippen LogP contribution in [0.15, 0.2) is 22.7 Å². The summed E-state index contributed by atoms with van der Waals surface area (Å²) in [6.07, 6.45) is -1.37. The molecular formula is C12H15BrF3NS. The summed E-state index contributed by atoms with van der Waals surface area (Å²) in [7, 11) is 0. The molecule has 0 bridgehead atoms. The molecule has 1 aromatic carbocycles. The van der Waals surface area contributed by atoms with Gasteiger partial charge in [0, 0.05) is 22.0 Å². The second kappa shape index (κ2) is 6.70. The Labute approximate surface area is 118 Å². The molecule has 1 unspecified atom stereocenters. The maximum Gasteiger partial charge on any atom is 0.416 e. The van der Waals surface area contributed by atoms with E-state index in [4.69, 9.17) is 0 Å². The molecule has 1 nitrogen and oxygen atoms in total. The third kappa shape index (κ3) is 4.39. The third-order valence-electron chi connectivity index (χ3n) is 2.52. The Balaban J connectivity index is 2.85. The molecule has 1 atom stereocenters. The second-order valence-corrected chi connectivity index (χ2v) is 5.66. The molecule has 0 aliphatic rings. The van der Waals surface area contributed by atoms with Crippen LogP contribution in [-0.4, -0.2) is 18.1 Å². The Hall–Kier alpha value is -0.360. The number of anilines is 1. The molecule has 0 saturated carbocycles. The minimum absolute atomic E-state index is 0.257. The van der Waals surface area contributed by atoms with E-state index in [9.17, 15) is 13.2 Å². The van der Waals surface area contributed by atoms with Gasteiger partial charge in [-0.25, -0.2) is 0 Å². The first-order valence-corrected chi connectivity index (χ1v) is 7.69. The number of hydrogen-bond acceptors (Lipinski definition) is 2. The highest BCUT2D eigenvalue weighted by Crippen LogP contribution is 2.34. The van der Waals surface area contributed by atoms with E-state index in [0.717, 1.165) is 24.3 Å². The summed E-state index contributed by atoms with van der Waals surface area (Å²) in [5.74, 6) is 0.921. The van der Waals surface area contributed by atoms with Gasteiger partial charge < -0.3 is 5.32 Å². The molecule has 102 valence electrons. The first kappa shape index (κ1) is 15.7. The zero-order valence-corrected chi connectivity index (χ0v) is 12.5. The summed E-state index contributed by atoms with van der Waals surface area (Å²) in [6.45, 7) is 2.05. The summed E-state index contributed by atoms with van der Waals surface area (Å²) in [4.78, 5) is 0. The van der Waals surface area contributed by atoms with Gasteiger partial charge in [0.05, 0.1) is 5.56 Å². The van der Waals surface area contributed by atoms with Gasteiger partial charge in [-0.2, -0.15) is 24.9 Å². The van der Waals surface area contributed by atoms with Crippen molar-refractivity contribution in [2.24, 2.45) is 0 Å². The van der Waals surface area contributed by atoms with Crippen molar-refractivity contribution in [2.45, 2.75) is 25.6 Å². The molecule has 0 heterocycles. The highest BCUT2D eigenvalue weighted by atomic mass is 79.9. The lowest BCUT2D eigenvalue weighted by atomic mass is 10.2. The van der Waals surface area contributed by atoms with Crippen molar-refractivity contribution in [3.63, 3.8) is 0 Å². The molecule has 0 saturated heterocycles. The third-order valence-corrected chi connectivity index (χ3v) is 3.91. The van der Waals surface area contributed by atoms with E-state index in [1.54, 1.807) is 11.8 Å². The van der Waals surface area contributed by atoms with Crippen molar-refractivity contribution in [3.05, 3.63) is 28.2 Å². The van der Waals surface area contributed by atoms with Crippen LogP contribution in [0.25, 0.3) is 0 Å². The fourth-order valence-electron chi connectivity index (χ4n) is 1.49. The van der Waals surface area contributed by atoms with Crippen molar-refractivity contribution in [3.8, 4) is 0 Å². The van der Waals surface area contributed by atoms with Crippen LogP contribution in [0.4, 0.5) is 18.9 Å². The molecule has 0 aliphatic heterocycles. The number of nitrogens with one attached hydrogen (secondary N) is 1. The van der Waals surface area contributed by atoms with Crippen LogP contribution in [0.3, 0.4) is 0 Å². The number of rotatable bonds is 5. The second-order valence-electron chi connectivity index (χ2n) is 3.90. The molecule has 0 aromatic heterocycles. The smallest absolute Gasteiger partial charge is 0.381 e. The van der Waals surface area contributed by atoms with E-state index in [0.29, 0.717) is 10.2 Å². The van der Waals surface area contributed by atoms with Crippen LogP contribution in [0.2, 0.25) is 0 Å². The summed E-state index contributed by atoms with van der Waals surface area (Å²) in [6, 6.07) is 3.93. The van der Waals surface area contributed by atoms with Gasteiger partial charge in [0.2, 0.25) is 0 Å². The fraction of sp³-hybridized carbons (Fsp3) is 0.500. The minimum atomic E-state index is -4.30. The number of halogens is 4. The maximum atomic E-state index is 12.5. The van der Waals surface area contributed by atoms with Crippen molar-refractivity contribution in [1.29, 1.82) is 0 Å². The van der Waals surface area contributed by atoms with E-state index in [1.807, 2.05) is 13.2 Å². The van der Waals surface area contributed by atoms with Crippen LogP contribution >= 0.6 is 27.7 Å². The Kier molecular flexibility index (Phi) is 5.85. The monoisotopic (exact) mass is 341 g/mol. The number of hydrogen-bond donors (Lipinski definition) is 1. The predicted octanol–water partition coefficient (Wildman–Crippen LogP) is 5.02. The molecule has 0 amide bonds. The molecule has 0 spiro atoms. The van der Waals surface area contributed by atoms with Gasteiger partial charge in [0.25, 0.3) is 0 Å². The molecule has 0 fully saturated rings. The largest absolute Gasteiger partial charge is 0.416 e. The average Bonchev–Trinajstić information content (AvgIpc) is 2.29. The van der Waals surface area contributed by atoms with Crippen molar-refractivity contribution in [2.75, 3.05) is 17.3 Å². The molecule has 0 aliphatic carbocycles. The average molecular weight is 342 g/mol. The normalized spacial score (nSPS) is 13.4. The lowest BCUT2D eigenvalue weighted by Gasteiger charge is -2.19. The zero-order chi connectivity index (χ0) is 13.8. The number of thioether (sulfide) groups is 1. The molecule has 1 aromatic rings. The lowest BCUT2D eigenvalue weighted by Crippen LogP contribution is -2.21. The highest BCUT2D eigenvalue weighted by molar-refractivity contribution is 9.10. The summed E-state index contributed by atoms with van der Waals surface area (Å²) in [5, 5.41) is 3.24. The molecule has 1 rings (SSSR count). The Morgan fingerprint density at radius 3 is 2.50 bits per heavy atom. The molecule has 6 heteroatoms. The molecule has 0 radical (unpaired) electrons. The van der Waals surface area contributed by atoms with E-state index >= 15 is 0 Å². The first-order chi connectivity index (χ1) is 8.38. The Morgan fingerprint density at radius 2 is 2.06 bits per heavy atom. The van der Waals surface area contributed by atoms with Crippen molar-refractivity contribution in [1.82, 2.24) is 0 Å². The fourth-order valence-corrected chi connectivity index (χ4v) is 2.71. The quantitative estimate of drug-likeness (QED) is 0.806. The molecular weight excluding hydrogens is 327 g/mol. The minimum Gasteiger partial charge on any atom is -0.381 e. The van der Waals surface area contributed by atoms with Gasteiger partial charge in [-0.15, -0.1) is 0 Å². The van der Waals surface area contributed by atoms with Crippen molar-refractivity contribution < 1.29 is 13.2 Å². The van der Waals surface area contributed by atoms with Gasteiger partial charge in [-0.05, 0) is 46.8 Å². The maximum absolute atomic E-state index is 12.5. The first-order valence-electron chi connectivity index (χ1n) is 5.50. The Morgan fingerprint density at radius 1 is 1.39 bits per heavy atom. The van der Waals surface area contributed by atoms with E-state index in [1.165, 1.54) is 6.07 Å². The number of benzene rings is 1. The van der Waals surface area contributed by atoms with Crippen LogP contribution in [0.5, 0.6) is 0 Å². The zero-order valence-electron chi connectivity index (χ0n) is 10.1. The van der Waals surface area contributed by atoms with Crippen LogP contribution in [0.1, 0.15) is 18.9 Å². The van der Waals surface area contributed by atoms with Crippen molar-refractivity contribution >= 4 is 33.4 Å². The summed E-state index contributed by atoms with van der Waals surface area (Å²) < 4.78 is 38.0. The van der Waals surface area contributed by atoms with Gasteiger partial charge in [0.15, 0.2) is 0 Å². The SMILES string of the molecule is CCC(CSC)Nc1ccc(C(F)(F)F)cc1Br. The van der Waals surface area contributed by atoms with Gasteiger partial charge in [-0.1, -0.05) is 6.92 Å². The van der Waals surface area contributed by atoms with E-state index in [-0.39, 0.29) is 6.04 Å². The van der Waals surface area contributed by atoms with Gasteiger partial charge in [-0.3, -0.25) is 0 Å². The van der Waals surface area contributed by atoms with E-state index in [2.05, 4.69) is 21.2 Å². The van der Waals surface area contributed by atoms with Gasteiger partial charge in [0.1, 0.15) is 0 Å². The molecule has 1 N–H and O–H groups in total. The highest BCUT2D eigenvalue weighted by Gasteiger charge is 2.30.